The third kappa shape index (κ3) is 3.30. The second kappa shape index (κ2) is 7.11. The lowest BCUT2D eigenvalue weighted by Gasteiger charge is -2.43. The lowest BCUT2D eigenvalue weighted by Crippen LogP contribution is -2.51. The number of nitrogens with zero attached hydrogens (tertiary/aromatic N) is 3. The molecule has 0 N–H and O–H groups in total. The zero-order valence-corrected chi connectivity index (χ0v) is 17.6. The first kappa shape index (κ1) is 18.6. The second-order valence-electron chi connectivity index (χ2n) is 8.56. The van der Waals surface area contributed by atoms with Crippen LogP contribution in [0.2, 0.25) is 0 Å². The Morgan fingerprint density at radius 1 is 1.14 bits per heavy atom. The highest BCUT2D eigenvalue weighted by Gasteiger charge is 2.38. The van der Waals surface area contributed by atoms with Crippen LogP contribution in [0.3, 0.4) is 0 Å². The molecule has 1 amide bonds. The van der Waals surface area contributed by atoms with E-state index in [1.165, 1.54) is 15.0 Å². The van der Waals surface area contributed by atoms with Crippen molar-refractivity contribution < 1.29 is 4.79 Å². The summed E-state index contributed by atoms with van der Waals surface area (Å²) in [5.41, 5.74) is 2.34. The average Bonchev–Trinajstić information content (AvgIpc) is 3.12. The molecule has 2 atom stereocenters. The number of likely N-dealkylation sites (tertiary alicyclic amines) is 1. The smallest absolute Gasteiger partial charge is 0.250 e. The SMILES string of the molecule is CN(C)CC(=O)N1CC2CC(C1)c1c(-c3cc4ccccc4s3)ccc(=O)n1C2. The molecule has 0 saturated carbocycles. The lowest BCUT2D eigenvalue weighted by atomic mass is 9.81. The quantitative estimate of drug-likeness (QED) is 0.670. The van der Waals surface area contributed by atoms with E-state index < -0.39 is 0 Å². The fourth-order valence-electron chi connectivity index (χ4n) is 4.91. The number of piperidine rings is 1. The van der Waals surface area contributed by atoms with Crippen molar-refractivity contribution in [3.63, 3.8) is 0 Å². The van der Waals surface area contributed by atoms with Crippen molar-refractivity contribution in [2.45, 2.75) is 18.9 Å². The first-order valence-electron chi connectivity index (χ1n) is 10.1. The minimum atomic E-state index is 0.0765. The molecule has 5 rings (SSSR count). The predicted molar refractivity (Wildman–Crippen MR) is 118 cm³/mol. The Morgan fingerprint density at radius 2 is 1.97 bits per heavy atom. The van der Waals surface area contributed by atoms with Gasteiger partial charge < -0.3 is 14.4 Å². The molecule has 4 heterocycles. The summed E-state index contributed by atoms with van der Waals surface area (Å²) < 4.78 is 3.24. The van der Waals surface area contributed by atoms with Gasteiger partial charge in [0, 0.05) is 52.5 Å². The van der Waals surface area contributed by atoms with Crippen LogP contribution in [0.4, 0.5) is 0 Å². The van der Waals surface area contributed by atoms with Crippen molar-refractivity contribution in [2.24, 2.45) is 5.92 Å². The van der Waals surface area contributed by atoms with Gasteiger partial charge in [0.05, 0.1) is 6.54 Å². The molecule has 1 saturated heterocycles. The van der Waals surface area contributed by atoms with Gasteiger partial charge in [0.1, 0.15) is 0 Å². The fraction of sp³-hybridized carbons (Fsp3) is 0.391. The second-order valence-corrected chi connectivity index (χ2v) is 9.65. The van der Waals surface area contributed by atoms with Gasteiger partial charge in [-0.05, 0) is 50.0 Å². The number of carbonyl (C=O) groups is 1. The standard InChI is InChI=1S/C23H25N3O2S/c1-24(2)14-22(28)25-11-15-9-17(13-25)23-18(7-8-21(27)26(23)12-15)20-10-16-5-3-4-6-19(16)29-20/h3-8,10,15,17H,9,11-14H2,1-2H3. The molecule has 1 aromatic carbocycles. The Labute approximate surface area is 174 Å². The van der Waals surface area contributed by atoms with Gasteiger partial charge >= 0.3 is 0 Å². The number of likely N-dealkylation sites (N-methyl/N-ethyl adjacent to an activating group) is 1. The molecule has 0 aliphatic carbocycles. The summed E-state index contributed by atoms with van der Waals surface area (Å²) in [5.74, 6) is 0.741. The van der Waals surface area contributed by atoms with Crippen molar-refractivity contribution in [2.75, 3.05) is 33.7 Å². The first-order chi connectivity index (χ1) is 14.0. The number of rotatable bonds is 3. The maximum Gasteiger partial charge on any atom is 0.250 e. The lowest BCUT2D eigenvalue weighted by molar-refractivity contribution is -0.134. The van der Waals surface area contributed by atoms with Crippen LogP contribution in [0.1, 0.15) is 18.0 Å². The summed E-state index contributed by atoms with van der Waals surface area (Å²) in [6, 6.07) is 14.3. The van der Waals surface area contributed by atoms with Gasteiger partial charge in [-0.3, -0.25) is 9.59 Å². The van der Waals surface area contributed by atoms with E-state index in [0.29, 0.717) is 25.6 Å². The summed E-state index contributed by atoms with van der Waals surface area (Å²) in [4.78, 5) is 30.5. The van der Waals surface area contributed by atoms with Gasteiger partial charge in [-0.15, -0.1) is 11.3 Å². The number of fused-ring (bicyclic) bond motifs is 5. The highest BCUT2D eigenvalue weighted by Crippen LogP contribution is 2.42. The zero-order chi connectivity index (χ0) is 20.1. The number of hydrogen-bond acceptors (Lipinski definition) is 4. The van der Waals surface area contributed by atoms with Crippen LogP contribution in [-0.4, -0.2) is 54.0 Å². The molecule has 0 radical (unpaired) electrons. The van der Waals surface area contributed by atoms with Gasteiger partial charge in [-0.25, -0.2) is 0 Å². The zero-order valence-electron chi connectivity index (χ0n) is 16.8. The van der Waals surface area contributed by atoms with Crippen LogP contribution in [0, 0.1) is 5.92 Å². The summed E-state index contributed by atoms with van der Waals surface area (Å²) in [5, 5.41) is 1.23. The molecular formula is C23H25N3O2S. The van der Waals surface area contributed by atoms with Crippen molar-refractivity contribution in [3.8, 4) is 10.4 Å². The van der Waals surface area contributed by atoms with Crippen molar-refractivity contribution in [1.82, 2.24) is 14.4 Å². The minimum Gasteiger partial charge on any atom is -0.341 e. The largest absolute Gasteiger partial charge is 0.341 e. The molecule has 2 aromatic heterocycles. The molecule has 6 heteroatoms. The maximum absolute atomic E-state index is 12.7. The third-order valence-electron chi connectivity index (χ3n) is 6.09. The predicted octanol–water partition coefficient (Wildman–Crippen LogP) is 3.24. The number of carbonyl (C=O) groups excluding carboxylic acids is 1. The van der Waals surface area contributed by atoms with Crippen LogP contribution in [0.15, 0.2) is 47.3 Å². The molecular weight excluding hydrogens is 382 g/mol. The molecule has 1 fully saturated rings. The van der Waals surface area contributed by atoms with Gasteiger partial charge in [0.2, 0.25) is 5.91 Å². The van der Waals surface area contributed by atoms with E-state index in [2.05, 4.69) is 30.3 Å². The van der Waals surface area contributed by atoms with Gasteiger partial charge in [-0.1, -0.05) is 18.2 Å². The van der Waals surface area contributed by atoms with Crippen LogP contribution >= 0.6 is 11.3 Å². The fourth-order valence-corrected chi connectivity index (χ4v) is 6.01. The minimum absolute atomic E-state index is 0.0765. The first-order valence-corrected chi connectivity index (χ1v) is 11.0. The van der Waals surface area contributed by atoms with E-state index in [1.807, 2.05) is 34.5 Å². The molecule has 2 aliphatic heterocycles. The maximum atomic E-state index is 12.7. The van der Waals surface area contributed by atoms with E-state index in [0.717, 1.165) is 24.2 Å². The molecule has 3 aromatic rings. The van der Waals surface area contributed by atoms with Gasteiger partial charge in [0.15, 0.2) is 0 Å². The van der Waals surface area contributed by atoms with Gasteiger partial charge in [0.25, 0.3) is 5.56 Å². The Balaban J connectivity index is 1.57. The molecule has 5 nitrogen and oxygen atoms in total. The molecule has 2 bridgehead atoms. The highest BCUT2D eigenvalue weighted by molar-refractivity contribution is 7.22. The van der Waals surface area contributed by atoms with Crippen LogP contribution in [0.5, 0.6) is 0 Å². The van der Waals surface area contributed by atoms with E-state index in [4.69, 9.17) is 0 Å². The molecule has 2 aliphatic rings. The molecule has 0 spiro atoms. The Hall–Kier alpha value is -2.44. The van der Waals surface area contributed by atoms with Crippen LogP contribution < -0.4 is 5.56 Å². The number of aromatic nitrogens is 1. The average molecular weight is 408 g/mol. The van der Waals surface area contributed by atoms with Crippen molar-refractivity contribution in [1.29, 1.82) is 0 Å². The Bertz CT molecular complexity index is 1110. The Kier molecular flexibility index (Phi) is 4.56. The van der Waals surface area contributed by atoms with E-state index in [1.54, 1.807) is 17.4 Å². The summed E-state index contributed by atoms with van der Waals surface area (Å²) in [6.45, 7) is 2.59. The van der Waals surface area contributed by atoms with Crippen LogP contribution in [0.25, 0.3) is 20.5 Å². The summed E-state index contributed by atoms with van der Waals surface area (Å²) in [7, 11) is 3.86. The number of pyridine rings is 1. The summed E-state index contributed by atoms with van der Waals surface area (Å²) >= 11 is 1.77. The van der Waals surface area contributed by atoms with E-state index >= 15 is 0 Å². The van der Waals surface area contributed by atoms with Crippen LogP contribution in [-0.2, 0) is 11.3 Å². The van der Waals surface area contributed by atoms with Gasteiger partial charge in [-0.2, -0.15) is 0 Å². The van der Waals surface area contributed by atoms with E-state index in [-0.39, 0.29) is 17.4 Å². The topological polar surface area (TPSA) is 45.6 Å². The van der Waals surface area contributed by atoms with Crippen molar-refractivity contribution in [3.05, 3.63) is 58.5 Å². The molecule has 29 heavy (non-hydrogen) atoms. The molecule has 150 valence electrons. The monoisotopic (exact) mass is 407 g/mol. The third-order valence-corrected chi connectivity index (χ3v) is 7.23. The van der Waals surface area contributed by atoms with E-state index in [9.17, 15) is 9.59 Å². The van der Waals surface area contributed by atoms with Crippen molar-refractivity contribution >= 4 is 27.3 Å². The highest BCUT2D eigenvalue weighted by atomic mass is 32.1. The number of amides is 1. The molecule has 2 unspecified atom stereocenters. The number of benzene rings is 1. The summed E-state index contributed by atoms with van der Waals surface area (Å²) in [6.07, 6.45) is 1.05. The number of hydrogen-bond donors (Lipinski definition) is 0. The number of thiophene rings is 1. The Morgan fingerprint density at radius 3 is 2.76 bits per heavy atom. The normalized spacial score (nSPS) is 20.9.